The zero-order chi connectivity index (χ0) is 47.2. The van der Waals surface area contributed by atoms with E-state index in [1.54, 1.807) is 34.8 Å². The number of thiazole rings is 1. The summed E-state index contributed by atoms with van der Waals surface area (Å²) in [5, 5.41) is 36.6. The van der Waals surface area contributed by atoms with Gasteiger partial charge in [0.2, 0.25) is 11.8 Å². The highest BCUT2D eigenvalue weighted by molar-refractivity contribution is 7.15. The van der Waals surface area contributed by atoms with Crippen molar-refractivity contribution in [1.29, 1.82) is 5.26 Å². The van der Waals surface area contributed by atoms with E-state index in [0.29, 0.717) is 0 Å². The first kappa shape index (κ1) is 46.0. The van der Waals surface area contributed by atoms with Crippen LogP contribution in [0.1, 0.15) is 103 Å². The average molecular weight is 924 g/mol. The minimum atomic E-state index is -1.05. The number of aromatic nitrogens is 4. The number of hydrogen-bond donors (Lipinski definition) is 3. The fraction of sp³-hybridized carbons (Fsp3) is 0.360. The number of nitrogens with one attached hydrogen (secondary N) is 2. The molecule has 1 fully saturated rings. The van der Waals surface area contributed by atoms with Gasteiger partial charge in [0.05, 0.1) is 39.5 Å². The molecule has 66 heavy (non-hydrogen) atoms. The van der Waals surface area contributed by atoms with Crippen LogP contribution in [0.4, 0.5) is 0 Å². The number of benzene rings is 3. The number of rotatable bonds is 11. The summed E-state index contributed by atoms with van der Waals surface area (Å²) in [6.45, 7) is 17.0. The van der Waals surface area contributed by atoms with Crippen LogP contribution in [0, 0.1) is 44.4 Å². The summed E-state index contributed by atoms with van der Waals surface area (Å²) in [6.07, 6.45) is -0.850. The first-order valence-corrected chi connectivity index (χ1v) is 23.6. The molecule has 1 saturated heterocycles. The highest BCUT2D eigenvalue weighted by Gasteiger charge is 2.45. The Kier molecular flexibility index (Phi) is 12.8. The molecule has 5 heterocycles. The van der Waals surface area contributed by atoms with Crippen LogP contribution in [0.2, 0.25) is 0 Å². The number of carbonyl (C=O) groups is 3. The van der Waals surface area contributed by atoms with E-state index in [1.165, 1.54) is 15.3 Å². The van der Waals surface area contributed by atoms with Gasteiger partial charge in [-0.2, -0.15) is 5.26 Å². The minimum Gasteiger partial charge on any atom is -0.482 e. The SMILES string of the molecule is Cc1ncsc1-c1ccc([C@H](C)NC(=O)[C@@H]2C[C@@H](O)CN2C(=O)C(NC(=O)COc2ccc(-c3ccc(C4=N[C@@H](C)c5nnc(C)n5-c5sc(C)c(C)c54)cc3)cc2C#N)C(C)(C)C)cc1. The van der Waals surface area contributed by atoms with Crippen LogP contribution >= 0.6 is 22.7 Å². The molecule has 14 nitrogen and oxygen atoms in total. The van der Waals surface area contributed by atoms with Crippen molar-refractivity contribution in [2.75, 3.05) is 13.2 Å². The molecule has 0 radical (unpaired) electrons. The molecule has 0 aliphatic carbocycles. The second-order valence-electron chi connectivity index (χ2n) is 18.1. The first-order valence-electron chi connectivity index (χ1n) is 21.9. The number of carbonyl (C=O) groups excluding carboxylic acids is 3. The number of hydrogen-bond acceptors (Lipinski definition) is 12. The van der Waals surface area contributed by atoms with E-state index < -0.39 is 47.9 Å². The highest BCUT2D eigenvalue weighted by Crippen LogP contribution is 2.39. The van der Waals surface area contributed by atoms with Gasteiger partial charge in [-0.25, -0.2) is 4.98 Å². The molecule has 0 bridgehead atoms. The molecule has 3 aromatic heterocycles. The Morgan fingerprint density at radius 2 is 1.64 bits per heavy atom. The van der Waals surface area contributed by atoms with E-state index in [9.17, 15) is 24.8 Å². The number of β-amino-alcohol motifs (C(OH)–C–C–N with tert-alkyl or cyclic N) is 1. The summed E-state index contributed by atoms with van der Waals surface area (Å²) in [5.74, 6) is 0.375. The maximum absolute atomic E-state index is 14.2. The zero-order valence-electron chi connectivity index (χ0n) is 38.5. The molecule has 3 N–H and O–H groups in total. The molecular weight excluding hydrogens is 871 g/mol. The number of aryl methyl sites for hydroxylation is 3. The molecule has 340 valence electrons. The van der Waals surface area contributed by atoms with E-state index in [0.717, 1.165) is 66.3 Å². The number of ether oxygens (including phenoxy) is 1. The van der Waals surface area contributed by atoms with Crippen molar-refractivity contribution in [1.82, 2.24) is 35.3 Å². The van der Waals surface area contributed by atoms with Crippen molar-refractivity contribution < 1.29 is 24.2 Å². The smallest absolute Gasteiger partial charge is 0.258 e. The largest absolute Gasteiger partial charge is 0.482 e. The lowest BCUT2D eigenvalue weighted by Gasteiger charge is -2.35. The topological polar surface area (TPSA) is 188 Å². The van der Waals surface area contributed by atoms with E-state index >= 15 is 0 Å². The summed E-state index contributed by atoms with van der Waals surface area (Å²) in [4.78, 5) is 54.6. The second kappa shape index (κ2) is 18.4. The van der Waals surface area contributed by atoms with E-state index in [4.69, 9.17) is 9.73 Å². The third kappa shape index (κ3) is 9.03. The maximum Gasteiger partial charge on any atom is 0.258 e. The van der Waals surface area contributed by atoms with Gasteiger partial charge in [0.25, 0.3) is 5.91 Å². The Morgan fingerprint density at radius 3 is 2.30 bits per heavy atom. The maximum atomic E-state index is 14.2. The summed E-state index contributed by atoms with van der Waals surface area (Å²) in [5.41, 5.74) is 9.91. The Balaban J connectivity index is 0.918. The predicted octanol–water partition coefficient (Wildman–Crippen LogP) is 7.89. The normalized spacial score (nSPS) is 17.7. The van der Waals surface area contributed by atoms with Gasteiger partial charge in [-0.15, -0.1) is 32.9 Å². The van der Waals surface area contributed by atoms with Crippen LogP contribution in [-0.2, 0) is 14.4 Å². The van der Waals surface area contributed by atoms with Crippen molar-refractivity contribution in [3.8, 4) is 38.4 Å². The Bertz CT molecular complexity index is 2900. The van der Waals surface area contributed by atoms with Gasteiger partial charge >= 0.3 is 0 Å². The number of aliphatic imine (C=N–C) groups is 1. The molecule has 2 aliphatic rings. The Morgan fingerprint density at radius 1 is 0.955 bits per heavy atom. The molecule has 8 rings (SSSR count). The molecule has 3 aromatic carbocycles. The van der Waals surface area contributed by atoms with E-state index in [2.05, 4.69) is 50.3 Å². The van der Waals surface area contributed by atoms with Gasteiger partial charge in [0.1, 0.15) is 40.8 Å². The van der Waals surface area contributed by atoms with Crippen molar-refractivity contribution in [2.24, 2.45) is 10.4 Å². The highest BCUT2D eigenvalue weighted by atomic mass is 32.1. The third-order valence-electron chi connectivity index (χ3n) is 12.4. The van der Waals surface area contributed by atoms with Gasteiger partial charge < -0.3 is 25.4 Å². The Hall–Kier alpha value is -6.54. The first-order chi connectivity index (χ1) is 31.4. The number of nitriles is 1. The summed E-state index contributed by atoms with van der Waals surface area (Å²) < 4.78 is 8.01. The fourth-order valence-corrected chi connectivity index (χ4v) is 10.6. The summed E-state index contributed by atoms with van der Waals surface area (Å²) in [6, 6.07) is 20.8. The summed E-state index contributed by atoms with van der Waals surface area (Å²) in [7, 11) is 0. The van der Waals surface area contributed by atoms with Crippen LogP contribution in [0.5, 0.6) is 5.75 Å². The number of likely N-dealkylation sites (tertiary alicyclic amines) is 1. The lowest BCUT2D eigenvalue weighted by atomic mass is 9.85. The number of aliphatic hydroxyl groups excluding tert-OH is 1. The zero-order valence-corrected chi connectivity index (χ0v) is 40.1. The second-order valence-corrected chi connectivity index (χ2v) is 20.2. The number of amides is 3. The average Bonchev–Trinajstić information content (AvgIpc) is 4.06. The molecule has 0 spiro atoms. The third-order valence-corrected chi connectivity index (χ3v) is 14.5. The molecule has 3 amide bonds. The molecule has 16 heteroatoms. The molecule has 0 saturated carbocycles. The van der Waals surface area contributed by atoms with Crippen molar-refractivity contribution in [2.45, 2.75) is 99.0 Å². The standard InChI is InChI=1S/C50H53N9O5S2/c1-26-30(5)66-49-42(26)43(53-29(4)46-57-56-31(6)59(46)49)34-14-12-33(13-15-34)36-18-19-40(37(20-36)22-51)64-24-41(61)55-45(50(7,8)9)48(63)58-23-38(60)21-39(58)47(62)54-27(2)32-10-16-35(17-11-32)44-28(3)52-25-65-44/h10-20,25,27,29,38-39,45,60H,21,23-24H2,1-9H3,(H,54,62)(H,55,61)/t27-,29-,38+,39-,45?/m0/s1. The van der Waals surface area contributed by atoms with Gasteiger partial charge in [-0.1, -0.05) is 75.4 Å². The number of fused-ring (bicyclic) bond motifs is 3. The van der Waals surface area contributed by atoms with Crippen LogP contribution < -0.4 is 15.4 Å². The van der Waals surface area contributed by atoms with Gasteiger partial charge in [-0.3, -0.25) is 23.9 Å². The van der Waals surface area contributed by atoms with Gasteiger partial charge in [-0.05, 0) is 86.9 Å². The van der Waals surface area contributed by atoms with Crippen LogP contribution in [0.25, 0.3) is 26.6 Å². The van der Waals surface area contributed by atoms with E-state index in [-0.39, 0.29) is 36.4 Å². The lowest BCUT2D eigenvalue weighted by Crippen LogP contribution is -2.58. The Labute approximate surface area is 392 Å². The lowest BCUT2D eigenvalue weighted by molar-refractivity contribution is -0.144. The molecule has 6 aromatic rings. The summed E-state index contributed by atoms with van der Waals surface area (Å²) >= 11 is 3.28. The monoisotopic (exact) mass is 923 g/mol. The van der Waals surface area contributed by atoms with Crippen LogP contribution in [0.3, 0.4) is 0 Å². The number of nitrogens with zero attached hydrogens (tertiary/aromatic N) is 7. The number of thiophene rings is 1. The van der Waals surface area contributed by atoms with Gasteiger partial charge in [0.15, 0.2) is 12.4 Å². The van der Waals surface area contributed by atoms with E-state index in [1.807, 2.05) is 109 Å². The fourth-order valence-electron chi connectivity index (χ4n) is 8.59. The van der Waals surface area contributed by atoms with Crippen molar-refractivity contribution in [3.63, 3.8) is 0 Å². The van der Waals surface area contributed by atoms with Crippen LogP contribution in [-0.4, -0.2) is 84.5 Å². The quantitative estimate of drug-likeness (QED) is 0.116. The molecule has 1 unspecified atom stereocenters. The predicted molar refractivity (Wildman–Crippen MR) is 256 cm³/mol. The molecule has 2 aliphatic heterocycles. The molecule has 5 atom stereocenters. The molecular formula is C50H53N9O5S2. The number of aliphatic hydroxyl groups is 1. The minimum absolute atomic E-state index is 0.0546. The van der Waals surface area contributed by atoms with Gasteiger partial charge in [0, 0.05) is 29.0 Å². The van der Waals surface area contributed by atoms with Crippen molar-refractivity contribution in [3.05, 3.63) is 122 Å². The van der Waals surface area contributed by atoms with Crippen molar-refractivity contribution >= 4 is 46.1 Å². The van der Waals surface area contributed by atoms with Crippen LogP contribution in [0.15, 0.2) is 77.2 Å².